The van der Waals surface area contributed by atoms with Crippen molar-refractivity contribution in [2.24, 2.45) is 0 Å². The van der Waals surface area contributed by atoms with Crippen molar-refractivity contribution in [1.82, 2.24) is 34.7 Å². The highest BCUT2D eigenvalue weighted by atomic mass is 16.2. The number of aryl methyl sites for hydroxylation is 1. The van der Waals surface area contributed by atoms with E-state index in [0.717, 1.165) is 22.6 Å². The van der Waals surface area contributed by atoms with Gasteiger partial charge in [0.1, 0.15) is 19.2 Å². The molecule has 0 bridgehead atoms. The molecule has 1 amide bonds. The second kappa shape index (κ2) is 8.11. The zero-order valence-corrected chi connectivity index (χ0v) is 16.9. The van der Waals surface area contributed by atoms with Crippen LogP contribution in [0.3, 0.4) is 0 Å². The number of hydrogen-bond donors (Lipinski definition) is 2. The molecule has 3 aromatic heterocycles. The molecule has 0 saturated carbocycles. The lowest BCUT2D eigenvalue weighted by Gasteiger charge is -2.09. The van der Waals surface area contributed by atoms with E-state index < -0.39 is 0 Å². The maximum Gasteiger partial charge on any atom is 0.246 e. The number of carbonyl (C=O) groups excluding carboxylic acids is 1. The summed E-state index contributed by atoms with van der Waals surface area (Å²) in [5, 5.41) is 22.9. The zero-order valence-electron chi connectivity index (χ0n) is 16.9. The topological polar surface area (TPSA) is 115 Å². The van der Waals surface area contributed by atoms with E-state index in [2.05, 4.69) is 36.0 Å². The molecule has 1 aromatic carbocycles. The molecule has 0 fully saturated rings. The van der Waals surface area contributed by atoms with Crippen LogP contribution >= 0.6 is 0 Å². The molecular formula is C20H21N9O. The number of hydrogen-bond acceptors (Lipinski definition) is 7. The molecule has 0 radical (unpaired) electrons. The number of anilines is 3. The van der Waals surface area contributed by atoms with E-state index in [0.29, 0.717) is 17.3 Å². The number of nitrogens with one attached hydrogen (secondary N) is 2. The number of carbonyl (C=O) groups is 1. The molecule has 0 unspecified atom stereocenters. The zero-order chi connectivity index (χ0) is 21.1. The fraction of sp³-hybridized carbons (Fsp3) is 0.200. The molecule has 2 N–H and O–H groups in total. The third kappa shape index (κ3) is 4.17. The summed E-state index contributed by atoms with van der Waals surface area (Å²) < 4.78 is 3.25. The van der Waals surface area contributed by atoms with Gasteiger partial charge >= 0.3 is 0 Å². The highest BCUT2D eigenvalue weighted by Gasteiger charge is 2.10. The van der Waals surface area contributed by atoms with Crippen molar-refractivity contribution in [3.8, 4) is 5.82 Å². The van der Waals surface area contributed by atoms with Crippen molar-refractivity contribution in [2.75, 3.05) is 10.6 Å². The van der Waals surface area contributed by atoms with E-state index >= 15 is 0 Å². The quantitative estimate of drug-likeness (QED) is 0.508. The molecule has 0 aliphatic carbocycles. The number of aromatic nitrogens is 7. The molecular weight excluding hydrogens is 382 g/mol. The van der Waals surface area contributed by atoms with Crippen molar-refractivity contribution in [1.29, 1.82) is 0 Å². The van der Waals surface area contributed by atoms with E-state index in [4.69, 9.17) is 0 Å². The van der Waals surface area contributed by atoms with E-state index in [-0.39, 0.29) is 12.5 Å². The minimum atomic E-state index is -0.179. The van der Waals surface area contributed by atoms with Gasteiger partial charge < -0.3 is 10.6 Å². The minimum absolute atomic E-state index is 0.108. The summed E-state index contributed by atoms with van der Waals surface area (Å²) in [5.74, 6) is 1.10. The lowest BCUT2D eigenvalue weighted by molar-refractivity contribution is -0.116. The highest BCUT2D eigenvalue weighted by molar-refractivity contribution is 5.90. The van der Waals surface area contributed by atoms with E-state index in [1.807, 2.05) is 57.2 Å². The number of rotatable bonds is 6. The number of benzene rings is 1. The Morgan fingerprint density at radius 1 is 1.00 bits per heavy atom. The summed E-state index contributed by atoms with van der Waals surface area (Å²) >= 11 is 0. The van der Waals surface area contributed by atoms with E-state index in [1.54, 1.807) is 4.68 Å². The molecule has 4 aromatic rings. The second-order valence-corrected chi connectivity index (χ2v) is 6.83. The molecule has 10 heteroatoms. The predicted octanol–water partition coefficient (Wildman–Crippen LogP) is 2.56. The molecule has 0 atom stereocenters. The Labute approximate surface area is 173 Å². The minimum Gasteiger partial charge on any atom is -0.339 e. The Morgan fingerprint density at radius 2 is 1.77 bits per heavy atom. The Bertz CT molecular complexity index is 1150. The third-order valence-corrected chi connectivity index (χ3v) is 4.73. The Hall–Kier alpha value is -4.08. The third-order valence-electron chi connectivity index (χ3n) is 4.73. The number of amides is 1. The van der Waals surface area contributed by atoms with Crippen LogP contribution < -0.4 is 10.6 Å². The molecule has 0 aliphatic rings. The van der Waals surface area contributed by atoms with Crippen LogP contribution in [0, 0.1) is 20.8 Å². The van der Waals surface area contributed by atoms with Gasteiger partial charge in [-0.05, 0) is 62.7 Å². The molecule has 3 heterocycles. The van der Waals surface area contributed by atoms with Gasteiger partial charge in [-0.15, -0.1) is 10.2 Å². The fourth-order valence-corrected chi connectivity index (χ4v) is 2.90. The first-order chi connectivity index (χ1) is 14.5. The van der Waals surface area contributed by atoms with Gasteiger partial charge in [-0.1, -0.05) is 0 Å². The molecule has 4 rings (SSSR count). The smallest absolute Gasteiger partial charge is 0.246 e. The van der Waals surface area contributed by atoms with E-state index in [1.165, 1.54) is 17.3 Å². The lowest BCUT2D eigenvalue weighted by Crippen LogP contribution is -2.18. The average molecular weight is 403 g/mol. The summed E-state index contributed by atoms with van der Waals surface area (Å²) in [7, 11) is 0. The first kappa shape index (κ1) is 19.2. The second-order valence-electron chi connectivity index (χ2n) is 6.83. The van der Waals surface area contributed by atoms with Crippen LogP contribution in [-0.4, -0.2) is 40.6 Å². The van der Waals surface area contributed by atoms with Gasteiger partial charge in [0.25, 0.3) is 0 Å². The van der Waals surface area contributed by atoms with Crippen LogP contribution in [0.25, 0.3) is 5.82 Å². The molecule has 152 valence electrons. The van der Waals surface area contributed by atoms with Gasteiger partial charge in [0.2, 0.25) is 5.91 Å². The van der Waals surface area contributed by atoms with Crippen molar-refractivity contribution >= 4 is 23.1 Å². The molecule has 0 aliphatic heterocycles. The Balaban J connectivity index is 1.38. The van der Waals surface area contributed by atoms with Gasteiger partial charge in [0.05, 0.1) is 5.69 Å². The van der Waals surface area contributed by atoms with Crippen LogP contribution in [0.2, 0.25) is 0 Å². The maximum atomic E-state index is 12.0. The molecule has 0 spiro atoms. The predicted molar refractivity (Wildman–Crippen MR) is 112 cm³/mol. The summed E-state index contributed by atoms with van der Waals surface area (Å²) in [6.45, 7) is 6.13. The van der Waals surface area contributed by atoms with Crippen LogP contribution in [0.15, 0.2) is 49.1 Å². The van der Waals surface area contributed by atoms with E-state index in [9.17, 15) is 4.79 Å². The Morgan fingerprint density at radius 3 is 2.37 bits per heavy atom. The Kier molecular flexibility index (Phi) is 5.21. The van der Waals surface area contributed by atoms with Gasteiger partial charge in [-0.2, -0.15) is 10.2 Å². The molecule has 30 heavy (non-hydrogen) atoms. The van der Waals surface area contributed by atoms with Crippen molar-refractivity contribution in [2.45, 2.75) is 27.3 Å². The largest absolute Gasteiger partial charge is 0.339 e. The monoisotopic (exact) mass is 403 g/mol. The average Bonchev–Trinajstić information content (AvgIpc) is 3.34. The summed E-state index contributed by atoms with van der Waals surface area (Å²) in [6.07, 6.45) is 2.89. The van der Waals surface area contributed by atoms with Crippen molar-refractivity contribution in [3.63, 3.8) is 0 Å². The summed E-state index contributed by atoms with van der Waals surface area (Å²) in [4.78, 5) is 15.8. The molecule has 0 saturated heterocycles. The lowest BCUT2D eigenvalue weighted by atomic mass is 10.2. The van der Waals surface area contributed by atoms with Crippen LogP contribution in [0.1, 0.15) is 17.0 Å². The van der Waals surface area contributed by atoms with Crippen LogP contribution in [0.4, 0.5) is 17.2 Å². The van der Waals surface area contributed by atoms with Crippen LogP contribution in [0.5, 0.6) is 0 Å². The summed E-state index contributed by atoms with van der Waals surface area (Å²) in [5.41, 5.74) is 4.68. The first-order valence-electron chi connectivity index (χ1n) is 9.36. The number of nitrogens with zero attached hydrogens (tertiary/aromatic N) is 7. The SMILES string of the molecule is Cc1nn(-c2ccc(Nc3ccc(NC(=O)Cn4cncn4)cc3)nn2)c(C)c1C. The van der Waals surface area contributed by atoms with Crippen LogP contribution in [-0.2, 0) is 11.3 Å². The summed E-state index contributed by atoms with van der Waals surface area (Å²) in [6, 6.07) is 11.0. The van der Waals surface area contributed by atoms with Gasteiger partial charge in [-0.25, -0.2) is 14.3 Å². The van der Waals surface area contributed by atoms with Crippen molar-refractivity contribution in [3.05, 3.63) is 66.0 Å². The normalized spacial score (nSPS) is 10.8. The maximum absolute atomic E-state index is 12.0. The molecule has 10 nitrogen and oxygen atoms in total. The van der Waals surface area contributed by atoms with Gasteiger partial charge in [-0.3, -0.25) is 4.79 Å². The fourth-order valence-electron chi connectivity index (χ4n) is 2.90. The first-order valence-corrected chi connectivity index (χ1v) is 9.36. The standard InChI is InChI=1S/C20H21N9O/c1-13-14(2)27-29(15(13)3)19-9-8-18(25-26-19)23-16-4-6-17(7-5-16)24-20(30)10-28-12-21-11-22-28/h4-9,11-12H,10H2,1-3H3,(H,23,25)(H,24,30). The van der Waals surface area contributed by atoms with Gasteiger partial charge in [0.15, 0.2) is 11.6 Å². The van der Waals surface area contributed by atoms with Gasteiger partial charge in [0, 0.05) is 17.1 Å². The van der Waals surface area contributed by atoms with Crippen molar-refractivity contribution < 1.29 is 4.79 Å². The highest BCUT2D eigenvalue weighted by Crippen LogP contribution is 2.19.